The molecule has 0 radical (unpaired) electrons. The third-order valence-electron chi connectivity index (χ3n) is 5.41. The Hall–Kier alpha value is -2.14. The molecule has 1 amide bonds. The first-order valence-electron chi connectivity index (χ1n) is 9.30. The van der Waals surface area contributed by atoms with Crippen LogP contribution in [0.2, 0.25) is 0 Å². The van der Waals surface area contributed by atoms with Crippen LogP contribution in [0.1, 0.15) is 47.3 Å². The molecular weight excluding hydrogens is 312 g/mol. The zero-order valence-electron chi connectivity index (χ0n) is 15.0. The quantitative estimate of drug-likeness (QED) is 0.912. The average Bonchev–Trinajstić information content (AvgIpc) is 3.18. The number of carbonyl (C=O) groups is 1. The minimum absolute atomic E-state index is 0.133. The van der Waals surface area contributed by atoms with E-state index < -0.39 is 0 Å². The molecule has 1 aromatic carbocycles. The summed E-state index contributed by atoms with van der Waals surface area (Å²) in [5, 5.41) is 8.03. The zero-order valence-corrected chi connectivity index (χ0v) is 15.0. The molecule has 0 spiro atoms. The summed E-state index contributed by atoms with van der Waals surface area (Å²) < 4.78 is 1.89. The Morgan fingerprint density at radius 2 is 2.08 bits per heavy atom. The zero-order chi connectivity index (χ0) is 17.4. The van der Waals surface area contributed by atoms with Crippen molar-refractivity contribution in [3.8, 4) is 5.69 Å². The second-order valence-electron chi connectivity index (χ2n) is 7.32. The van der Waals surface area contributed by atoms with E-state index in [9.17, 15) is 4.79 Å². The molecule has 5 nitrogen and oxygen atoms in total. The Bertz CT molecular complexity index is 772. The molecule has 2 heterocycles. The molecule has 1 aromatic heterocycles. The second kappa shape index (κ2) is 6.64. The summed E-state index contributed by atoms with van der Waals surface area (Å²) in [6, 6.07) is 9.00. The predicted molar refractivity (Wildman–Crippen MR) is 98.1 cm³/mol. The molecule has 1 saturated carbocycles. The van der Waals surface area contributed by atoms with Crippen molar-refractivity contribution >= 4 is 5.91 Å². The van der Waals surface area contributed by atoms with E-state index in [0.29, 0.717) is 12.1 Å². The minimum Gasteiger partial charge on any atom is -0.334 e. The number of hydrogen-bond acceptors (Lipinski definition) is 3. The Morgan fingerprint density at radius 3 is 2.76 bits per heavy atom. The van der Waals surface area contributed by atoms with Crippen LogP contribution in [0.3, 0.4) is 0 Å². The Morgan fingerprint density at radius 1 is 1.28 bits per heavy atom. The van der Waals surface area contributed by atoms with Gasteiger partial charge in [-0.1, -0.05) is 18.2 Å². The highest BCUT2D eigenvalue weighted by molar-refractivity contribution is 5.95. The van der Waals surface area contributed by atoms with Gasteiger partial charge in [0.05, 0.1) is 23.1 Å². The Kier molecular flexibility index (Phi) is 4.34. The molecule has 1 saturated heterocycles. The monoisotopic (exact) mass is 338 g/mol. The Balaban J connectivity index is 1.60. The smallest absolute Gasteiger partial charge is 0.257 e. The number of hydrogen-bond donors (Lipinski definition) is 1. The molecule has 2 fully saturated rings. The van der Waals surface area contributed by atoms with Crippen molar-refractivity contribution < 1.29 is 4.79 Å². The van der Waals surface area contributed by atoms with Crippen LogP contribution in [0.15, 0.2) is 30.5 Å². The molecule has 1 atom stereocenters. The van der Waals surface area contributed by atoms with Gasteiger partial charge in [0, 0.05) is 18.6 Å². The third kappa shape index (κ3) is 3.21. The van der Waals surface area contributed by atoms with Crippen LogP contribution >= 0.6 is 0 Å². The van der Waals surface area contributed by atoms with Crippen LogP contribution in [-0.4, -0.2) is 45.8 Å². The molecule has 1 aliphatic carbocycles. The highest BCUT2D eigenvalue weighted by atomic mass is 16.2. The van der Waals surface area contributed by atoms with Crippen molar-refractivity contribution in [1.82, 2.24) is 20.0 Å². The van der Waals surface area contributed by atoms with E-state index in [1.54, 1.807) is 6.20 Å². The van der Waals surface area contributed by atoms with Crippen LogP contribution in [0.4, 0.5) is 0 Å². The van der Waals surface area contributed by atoms with Gasteiger partial charge in [-0.25, -0.2) is 4.68 Å². The van der Waals surface area contributed by atoms with Gasteiger partial charge in [-0.3, -0.25) is 4.79 Å². The van der Waals surface area contributed by atoms with Gasteiger partial charge in [0.25, 0.3) is 5.91 Å². The number of nitrogens with zero attached hydrogens (tertiary/aromatic N) is 3. The lowest BCUT2D eigenvalue weighted by molar-refractivity contribution is 0.0728. The van der Waals surface area contributed by atoms with Crippen molar-refractivity contribution in [1.29, 1.82) is 0 Å². The fourth-order valence-corrected chi connectivity index (χ4v) is 3.75. The van der Waals surface area contributed by atoms with E-state index in [0.717, 1.165) is 54.9 Å². The van der Waals surface area contributed by atoms with Crippen LogP contribution in [0.25, 0.3) is 5.69 Å². The van der Waals surface area contributed by atoms with E-state index in [-0.39, 0.29) is 5.91 Å². The first-order chi connectivity index (χ1) is 12.1. The summed E-state index contributed by atoms with van der Waals surface area (Å²) in [4.78, 5) is 15.3. The fraction of sp³-hybridized carbons (Fsp3) is 0.500. The number of aryl methyl sites for hydroxylation is 1. The van der Waals surface area contributed by atoms with Gasteiger partial charge in [-0.05, 0) is 57.7 Å². The van der Waals surface area contributed by atoms with E-state index in [4.69, 9.17) is 0 Å². The highest BCUT2D eigenvalue weighted by Crippen LogP contribution is 2.30. The van der Waals surface area contributed by atoms with Crippen molar-refractivity contribution in [3.05, 3.63) is 47.3 Å². The van der Waals surface area contributed by atoms with Crippen molar-refractivity contribution in [2.45, 2.75) is 51.6 Å². The Labute approximate surface area is 149 Å². The SMILES string of the molecule is Cc1ccccc1-n1ncc(C(=O)N(CC2CCCN2)C2CC2)c1C. The summed E-state index contributed by atoms with van der Waals surface area (Å²) in [6.45, 7) is 5.95. The van der Waals surface area contributed by atoms with Crippen LogP contribution in [0, 0.1) is 13.8 Å². The first kappa shape index (κ1) is 16.3. The van der Waals surface area contributed by atoms with E-state index in [1.807, 2.05) is 29.8 Å². The maximum atomic E-state index is 13.2. The number of aromatic nitrogens is 2. The summed E-state index contributed by atoms with van der Waals surface area (Å²) in [7, 11) is 0. The molecule has 4 rings (SSSR count). The molecule has 5 heteroatoms. The molecular formula is C20H26N4O. The average molecular weight is 338 g/mol. The largest absolute Gasteiger partial charge is 0.334 e. The molecule has 132 valence electrons. The number of benzene rings is 1. The predicted octanol–water partition coefficient (Wildman–Crippen LogP) is 2.85. The van der Waals surface area contributed by atoms with Gasteiger partial charge in [0.2, 0.25) is 0 Å². The molecule has 1 N–H and O–H groups in total. The number of carbonyl (C=O) groups excluding carboxylic acids is 1. The number of nitrogens with one attached hydrogen (secondary N) is 1. The maximum Gasteiger partial charge on any atom is 0.257 e. The van der Waals surface area contributed by atoms with Gasteiger partial charge in [-0.2, -0.15) is 5.10 Å². The van der Waals surface area contributed by atoms with Crippen molar-refractivity contribution in [2.24, 2.45) is 0 Å². The molecule has 1 unspecified atom stereocenters. The molecule has 1 aliphatic heterocycles. The molecule has 2 aromatic rings. The number of para-hydroxylation sites is 1. The summed E-state index contributed by atoms with van der Waals surface area (Å²) in [6.07, 6.45) is 6.37. The topological polar surface area (TPSA) is 50.2 Å². The van der Waals surface area contributed by atoms with Gasteiger partial charge in [0.15, 0.2) is 0 Å². The number of rotatable bonds is 5. The van der Waals surface area contributed by atoms with Gasteiger partial charge >= 0.3 is 0 Å². The van der Waals surface area contributed by atoms with Crippen LogP contribution in [-0.2, 0) is 0 Å². The lowest BCUT2D eigenvalue weighted by Crippen LogP contribution is -2.42. The fourth-order valence-electron chi connectivity index (χ4n) is 3.75. The molecule has 0 bridgehead atoms. The second-order valence-corrected chi connectivity index (χ2v) is 7.32. The van der Waals surface area contributed by atoms with E-state index in [1.165, 1.54) is 6.42 Å². The van der Waals surface area contributed by atoms with E-state index in [2.05, 4.69) is 28.3 Å². The minimum atomic E-state index is 0.133. The summed E-state index contributed by atoms with van der Waals surface area (Å²) in [5.41, 5.74) is 3.84. The third-order valence-corrected chi connectivity index (χ3v) is 5.41. The molecule has 25 heavy (non-hydrogen) atoms. The van der Waals surface area contributed by atoms with Gasteiger partial charge < -0.3 is 10.2 Å². The summed E-state index contributed by atoms with van der Waals surface area (Å²) in [5.74, 6) is 0.133. The standard InChI is InChI=1S/C20H26N4O/c1-14-6-3-4-8-19(14)24-15(2)18(12-22-24)20(25)23(17-9-10-17)13-16-7-5-11-21-16/h3-4,6,8,12,16-17,21H,5,7,9-11,13H2,1-2H3. The lowest BCUT2D eigenvalue weighted by Gasteiger charge is -2.25. The van der Waals surface area contributed by atoms with Gasteiger partial charge in [-0.15, -0.1) is 0 Å². The first-order valence-corrected chi connectivity index (χ1v) is 9.30. The van der Waals surface area contributed by atoms with Crippen LogP contribution in [0.5, 0.6) is 0 Å². The molecule has 2 aliphatic rings. The normalized spacial score (nSPS) is 20.0. The van der Waals surface area contributed by atoms with Crippen molar-refractivity contribution in [3.63, 3.8) is 0 Å². The van der Waals surface area contributed by atoms with E-state index >= 15 is 0 Å². The number of amides is 1. The lowest BCUT2D eigenvalue weighted by atomic mass is 10.1. The maximum absolute atomic E-state index is 13.2. The summed E-state index contributed by atoms with van der Waals surface area (Å²) >= 11 is 0. The van der Waals surface area contributed by atoms with Crippen molar-refractivity contribution in [2.75, 3.05) is 13.1 Å². The van der Waals surface area contributed by atoms with Gasteiger partial charge in [0.1, 0.15) is 0 Å². The highest BCUT2D eigenvalue weighted by Gasteiger charge is 2.36. The van der Waals surface area contributed by atoms with Crippen LogP contribution < -0.4 is 5.32 Å².